The molecule has 0 amide bonds. The maximum absolute atomic E-state index is 2.64. The van der Waals surface area contributed by atoms with Crippen LogP contribution < -0.4 is 24.8 Å². The average molecular weight is 591 g/mol. The number of benzene rings is 2. The van der Waals surface area contributed by atoms with Crippen molar-refractivity contribution >= 4 is 17.6 Å². The van der Waals surface area contributed by atoms with E-state index in [2.05, 4.69) is 94.5 Å². The van der Waals surface area contributed by atoms with E-state index in [4.69, 9.17) is 0 Å². The first-order chi connectivity index (χ1) is 14.9. The van der Waals surface area contributed by atoms with Gasteiger partial charge in [0.1, 0.15) is 0 Å². The zero-order valence-electron chi connectivity index (χ0n) is 23.1. The number of rotatable bonds is 2. The number of allylic oxidation sites excluding steroid dienone is 2. The third-order valence-corrected chi connectivity index (χ3v) is 28.8. The van der Waals surface area contributed by atoms with Crippen LogP contribution >= 0.6 is 0 Å². The van der Waals surface area contributed by atoms with Crippen LogP contribution in [0.1, 0.15) is 87.9 Å². The molecule has 0 radical (unpaired) electrons. The Labute approximate surface area is 228 Å². The number of halogens is 2. The van der Waals surface area contributed by atoms with Gasteiger partial charge in [0.05, 0.1) is 0 Å². The van der Waals surface area contributed by atoms with Gasteiger partial charge in [-0.2, -0.15) is 0 Å². The molecule has 0 saturated carbocycles. The third kappa shape index (κ3) is 4.23. The van der Waals surface area contributed by atoms with E-state index in [1.54, 1.807) is 44.5 Å². The monoisotopic (exact) mass is 588 g/mol. The molecule has 0 N–H and O–H groups in total. The molecule has 0 heterocycles. The summed E-state index contributed by atoms with van der Waals surface area (Å²) in [5.74, 6) is 0. The van der Waals surface area contributed by atoms with E-state index in [9.17, 15) is 0 Å². The predicted octanol–water partition coefficient (Wildman–Crippen LogP) is 2.65. The molecule has 0 bridgehead atoms. The minimum atomic E-state index is -1.98. The molecule has 4 heteroatoms. The van der Waals surface area contributed by atoms with Crippen molar-refractivity contribution in [1.29, 1.82) is 0 Å². The average Bonchev–Trinajstić information content (AvgIpc) is 3.26. The van der Waals surface area contributed by atoms with Gasteiger partial charge in [-0.15, -0.1) is 0 Å². The summed E-state index contributed by atoms with van der Waals surface area (Å²) < 4.78 is 1.46. The Morgan fingerprint density at radius 1 is 0.500 bits per heavy atom. The normalized spacial score (nSPS) is 17.6. The summed E-state index contributed by atoms with van der Waals surface area (Å²) in [4.78, 5) is 0. The van der Waals surface area contributed by atoms with Crippen LogP contribution in [0.25, 0.3) is 12.2 Å². The summed E-state index contributed by atoms with van der Waals surface area (Å²) >= 11 is -1.98. The van der Waals surface area contributed by atoms with Gasteiger partial charge >= 0.3 is 205 Å². The molecule has 0 fully saturated rings. The standard InChI is InChI=1S/2C14H17.C2H6Si.2ClH.Zr/c2*1-8-6-13-11(4)9(2)10(3)12(5)14(13)7-8;1-3-2;;;/h2*6-7H,1-5H3;1-2H3;2*1H;/q;;;;;+2/p-2. The molecule has 2 aromatic rings. The van der Waals surface area contributed by atoms with Crippen LogP contribution in [0.15, 0.2) is 11.1 Å². The number of fused-ring (bicyclic) bond motifs is 2. The van der Waals surface area contributed by atoms with Gasteiger partial charge in [-0.25, -0.2) is 0 Å². The van der Waals surface area contributed by atoms with E-state index in [0.29, 0.717) is 0 Å². The van der Waals surface area contributed by atoms with Gasteiger partial charge in [-0.3, -0.25) is 0 Å². The van der Waals surface area contributed by atoms with Crippen molar-refractivity contribution in [2.45, 2.75) is 89.6 Å². The molecule has 0 saturated heterocycles. The smallest absolute Gasteiger partial charge is 1.00 e. The fourth-order valence-electron chi connectivity index (χ4n) is 6.48. The molecular formula is C30H40Cl2SiZr. The second kappa shape index (κ2) is 10.5. The molecule has 0 aliphatic heterocycles. The van der Waals surface area contributed by atoms with Gasteiger partial charge < -0.3 is 24.8 Å². The van der Waals surface area contributed by atoms with Gasteiger partial charge in [0.25, 0.3) is 0 Å². The predicted molar refractivity (Wildman–Crippen MR) is 141 cm³/mol. The van der Waals surface area contributed by atoms with E-state index in [1.165, 1.54) is 33.4 Å². The zero-order chi connectivity index (χ0) is 23.8. The molecule has 2 aliphatic carbocycles. The van der Waals surface area contributed by atoms with Crippen molar-refractivity contribution in [3.63, 3.8) is 0 Å². The van der Waals surface area contributed by atoms with Crippen LogP contribution in [0, 0.1) is 55.4 Å². The molecule has 2 aromatic carbocycles. The van der Waals surface area contributed by atoms with E-state index in [1.807, 2.05) is 0 Å². The fraction of sp³-hybridized carbons (Fsp3) is 0.467. The van der Waals surface area contributed by atoms with Gasteiger partial charge in [0, 0.05) is 0 Å². The van der Waals surface area contributed by atoms with Crippen molar-refractivity contribution in [1.82, 2.24) is 0 Å². The van der Waals surface area contributed by atoms with E-state index in [0.717, 1.165) is 7.25 Å². The van der Waals surface area contributed by atoms with Crippen molar-refractivity contribution in [2.24, 2.45) is 0 Å². The quantitative estimate of drug-likeness (QED) is 0.472. The first-order valence-corrected chi connectivity index (χ1v) is 21.2. The zero-order valence-corrected chi connectivity index (χ0v) is 28.0. The molecule has 182 valence electrons. The second-order valence-corrected chi connectivity index (χ2v) is 28.6. The van der Waals surface area contributed by atoms with Crippen LogP contribution in [0.2, 0.25) is 13.1 Å². The van der Waals surface area contributed by atoms with E-state index >= 15 is 0 Å². The summed E-state index contributed by atoms with van der Waals surface area (Å²) in [5.41, 5.74) is 21.8. The molecule has 2 atom stereocenters. The Morgan fingerprint density at radius 3 is 1.09 bits per heavy atom. The third-order valence-electron chi connectivity index (χ3n) is 9.00. The van der Waals surface area contributed by atoms with E-state index < -0.39 is 20.4 Å². The Hall–Kier alpha value is -0.400. The van der Waals surface area contributed by atoms with Crippen LogP contribution in [0.4, 0.5) is 0 Å². The Kier molecular flexibility index (Phi) is 9.24. The molecule has 34 heavy (non-hydrogen) atoms. The number of hydrogen-bond donors (Lipinski definition) is 0. The molecule has 4 rings (SSSR count). The first kappa shape index (κ1) is 29.8. The number of hydrogen-bond acceptors (Lipinski definition) is 0. The van der Waals surface area contributed by atoms with Gasteiger partial charge in [-0.1, -0.05) is 0 Å². The van der Waals surface area contributed by atoms with Crippen molar-refractivity contribution in [3.05, 3.63) is 77.9 Å². The van der Waals surface area contributed by atoms with Crippen LogP contribution in [-0.4, -0.2) is 5.43 Å². The molecule has 0 aromatic heterocycles. The summed E-state index contributed by atoms with van der Waals surface area (Å²) in [6.45, 7) is 29.1. The maximum Gasteiger partial charge on any atom is -1.00 e. The second-order valence-electron chi connectivity index (χ2n) is 10.8. The minimum Gasteiger partial charge on any atom is -1.00 e. The SMILES string of the molecule is CC1=Cc2c(C)c(C)c(C)c(C)c2[CH]1[Zr+2]([CH]1C(C)=Cc2c(C)c(C)c(C)c(C)c21)=[Si](C)C.[Cl-].[Cl-]. The Bertz CT molecular complexity index is 1200. The van der Waals surface area contributed by atoms with Crippen molar-refractivity contribution in [3.8, 4) is 0 Å². The Balaban J connectivity index is 0.00000204. The largest absolute Gasteiger partial charge is 1.00 e. The Morgan fingerprint density at radius 2 is 0.794 bits per heavy atom. The van der Waals surface area contributed by atoms with Crippen LogP contribution in [-0.2, 0) is 20.4 Å². The molecular weight excluding hydrogens is 551 g/mol. The fourth-order valence-corrected chi connectivity index (χ4v) is 27.5. The molecule has 0 nitrogen and oxygen atoms in total. The first-order valence-electron chi connectivity index (χ1n) is 12.1. The van der Waals surface area contributed by atoms with Gasteiger partial charge in [0.2, 0.25) is 0 Å². The minimum absolute atomic E-state index is 0. The van der Waals surface area contributed by atoms with Gasteiger partial charge in [0.15, 0.2) is 0 Å². The summed E-state index contributed by atoms with van der Waals surface area (Å²) in [6.07, 6.45) is 5.15. The summed E-state index contributed by atoms with van der Waals surface area (Å²) in [6, 6.07) is 0. The topological polar surface area (TPSA) is 0 Å². The van der Waals surface area contributed by atoms with Crippen LogP contribution in [0.5, 0.6) is 0 Å². The molecule has 0 spiro atoms. The van der Waals surface area contributed by atoms with Crippen LogP contribution in [0.3, 0.4) is 0 Å². The molecule has 2 unspecified atom stereocenters. The maximum atomic E-state index is 2.64. The summed E-state index contributed by atoms with van der Waals surface area (Å²) in [7, 11) is 0. The molecule has 2 aliphatic rings. The van der Waals surface area contributed by atoms with Crippen molar-refractivity contribution < 1.29 is 45.2 Å². The van der Waals surface area contributed by atoms with Crippen molar-refractivity contribution in [2.75, 3.05) is 0 Å². The van der Waals surface area contributed by atoms with E-state index in [-0.39, 0.29) is 30.2 Å². The summed E-state index contributed by atoms with van der Waals surface area (Å²) in [5, 5.41) is 0. The van der Waals surface area contributed by atoms with Gasteiger partial charge in [-0.05, 0) is 0 Å².